The van der Waals surface area contributed by atoms with Crippen LogP contribution in [0.4, 0.5) is 0 Å². The molecule has 1 unspecified atom stereocenters. The number of rotatable bonds is 7. The van der Waals surface area contributed by atoms with Gasteiger partial charge in [0.2, 0.25) is 0 Å². The van der Waals surface area contributed by atoms with Gasteiger partial charge in [0.15, 0.2) is 5.79 Å². The molecular weight excluding hydrogens is 216 g/mol. The third-order valence-corrected chi connectivity index (χ3v) is 2.41. The average Bonchev–Trinajstić information content (AvgIpc) is 2.52. The number of hydrogen-bond donors (Lipinski definition) is 0. The molecule has 0 N–H and O–H groups in total. The van der Waals surface area contributed by atoms with Crippen LogP contribution in [0.5, 0.6) is 0 Å². The first-order valence-electron chi connectivity index (χ1n) is 5.19. The highest BCUT2D eigenvalue weighted by atomic mass is 32.2. The Hall–Kier alpha value is 0.190. The van der Waals surface area contributed by atoms with Crippen molar-refractivity contribution in [1.29, 1.82) is 0 Å². The molecule has 0 aliphatic carbocycles. The maximum atomic E-state index is 5.59. The van der Waals surface area contributed by atoms with Gasteiger partial charge in [-0.2, -0.15) is 0 Å². The van der Waals surface area contributed by atoms with Gasteiger partial charge in [-0.15, -0.1) is 0 Å². The molecule has 1 rings (SSSR count). The minimum atomic E-state index is -0.448. The van der Waals surface area contributed by atoms with E-state index in [0.717, 1.165) is 13.0 Å². The van der Waals surface area contributed by atoms with Gasteiger partial charge in [0.05, 0.1) is 19.8 Å². The summed E-state index contributed by atoms with van der Waals surface area (Å²) in [4.78, 5) is 0. The van der Waals surface area contributed by atoms with Gasteiger partial charge in [0.1, 0.15) is 6.10 Å². The van der Waals surface area contributed by atoms with E-state index in [0.29, 0.717) is 19.8 Å². The van der Waals surface area contributed by atoms with E-state index >= 15 is 0 Å². The van der Waals surface area contributed by atoms with Crippen molar-refractivity contribution in [2.24, 2.45) is 0 Å². The fourth-order valence-corrected chi connectivity index (χ4v) is 1.65. The van der Waals surface area contributed by atoms with Crippen LogP contribution in [0.15, 0.2) is 0 Å². The molecule has 1 aliphatic heterocycles. The van der Waals surface area contributed by atoms with Crippen molar-refractivity contribution < 1.29 is 18.4 Å². The molecule has 0 aromatic carbocycles. The monoisotopic (exact) mass is 236 g/mol. The Bertz CT molecular complexity index is 175. The van der Waals surface area contributed by atoms with Gasteiger partial charge in [-0.25, -0.2) is 0 Å². The molecule has 5 heteroatoms. The fourth-order valence-electron chi connectivity index (χ4n) is 1.36. The van der Waals surface area contributed by atoms with E-state index in [-0.39, 0.29) is 6.10 Å². The molecule has 0 aromatic heterocycles. The summed E-state index contributed by atoms with van der Waals surface area (Å²) in [6, 6.07) is 0. The Morgan fingerprint density at radius 3 is 2.80 bits per heavy atom. The van der Waals surface area contributed by atoms with Crippen LogP contribution in [0.3, 0.4) is 0 Å². The van der Waals surface area contributed by atoms with Crippen molar-refractivity contribution in [3.8, 4) is 0 Å². The Labute approximate surface area is 95.8 Å². The summed E-state index contributed by atoms with van der Waals surface area (Å²) >= 11 is 1.38. The van der Waals surface area contributed by atoms with Gasteiger partial charge < -0.3 is 18.4 Å². The molecule has 1 aliphatic rings. The molecule has 1 saturated heterocycles. The molecule has 0 saturated carbocycles. The second-order valence-corrected chi connectivity index (χ2v) is 4.44. The van der Waals surface area contributed by atoms with E-state index in [1.54, 1.807) is 0 Å². The molecule has 0 amide bonds. The molecule has 0 radical (unpaired) electrons. The fraction of sp³-hybridized carbons (Fsp3) is 1.00. The Balaban J connectivity index is 1.93. The highest BCUT2D eigenvalue weighted by molar-refractivity contribution is 7.93. The van der Waals surface area contributed by atoms with E-state index in [1.807, 2.05) is 20.1 Å². The topological polar surface area (TPSA) is 36.9 Å². The quantitative estimate of drug-likeness (QED) is 0.498. The molecule has 1 fully saturated rings. The van der Waals surface area contributed by atoms with E-state index in [4.69, 9.17) is 18.4 Å². The van der Waals surface area contributed by atoms with Gasteiger partial charge in [-0.3, -0.25) is 0 Å². The van der Waals surface area contributed by atoms with Crippen LogP contribution in [0.1, 0.15) is 20.3 Å². The first-order chi connectivity index (χ1) is 7.14. The van der Waals surface area contributed by atoms with Crippen LogP contribution in [0, 0.1) is 0 Å². The minimum Gasteiger partial charge on any atom is -0.379 e. The molecular formula is C10H20O4S. The number of hydrogen-bond acceptors (Lipinski definition) is 5. The molecule has 1 heterocycles. The lowest BCUT2D eigenvalue weighted by molar-refractivity contribution is -0.145. The van der Waals surface area contributed by atoms with Crippen molar-refractivity contribution in [1.82, 2.24) is 0 Å². The standard InChI is InChI=1S/C10H20O4S/c1-10(2)12-8-9(14-10)7-11-5-4-6-13-15-3/h9H,4-8H2,1-3H3. The zero-order valence-corrected chi connectivity index (χ0v) is 10.5. The normalized spacial score (nSPS) is 24.6. The molecule has 4 nitrogen and oxygen atoms in total. The molecule has 0 bridgehead atoms. The van der Waals surface area contributed by atoms with Crippen LogP contribution in [-0.4, -0.2) is 44.6 Å². The lowest BCUT2D eigenvalue weighted by Gasteiger charge is -2.16. The lowest BCUT2D eigenvalue weighted by atomic mass is 10.4. The summed E-state index contributed by atoms with van der Waals surface area (Å²) in [5, 5.41) is 0. The Morgan fingerprint density at radius 2 is 2.20 bits per heavy atom. The summed E-state index contributed by atoms with van der Waals surface area (Å²) in [5.41, 5.74) is 0. The highest BCUT2D eigenvalue weighted by Crippen LogP contribution is 2.22. The Morgan fingerprint density at radius 1 is 1.40 bits per heavy atom. The molecule has 1 atom stereocenters. The third kappa shape index (κ3) is 5.73. The smallest absolute Gasteiger partial charge is 0.163 e. The van der Waals surface area contributed by atoms with Crippen LogP contribution in [-0.2, 0) is 18.4 Å². The summed E-state index contributed by atoms with van der Waals surface area (Å²) in [7, 11) is 0. The third-order valence-electron chi connectivity index (χ3n) is 2.01. The zero-order chi connectivity index (χ0) is 11.1. The van der Waals surface area contributed by atoms with Crippen LogP contribution in [0.25, 0.3) is 0 Å². The van der Waals surface area contributed by atoms with E-state index in [9.17, 15) is 0 Å². The maximum Gasteiger partial charge on any atom is 0.163 e. The van der Waals surface area contributed by atoms with Gasteiger partial charge >= 0.3 is 0 Å². The average molecular weight is 236 g/mol. The Kier molecular flexibility index (Phi) is 5.92. The van der Waals surface area contributed by atoms with Crippen molar-refractivity contribution >= 4 is 12.0 Å². The van der Waals surface area contributed by atoms with E-state index < -0.39 is 5.79 Å². The summed E-state index contributed by atoms with van der Waals surface area (Å²) in [5.74, 6) is -0.448. The van der Waals surface area contributed by atoms with Gasteiger partial charge in [0, 0.05) is 12.9 Å². The predicted molar refractivity (Wildman–Crippen MR) is 59.8 cm³/mol. The van der Waals surface area contributed by atoms with Crippen molar-refractivity contribution in [2.75, 3.05) is 32.7 Å². The maximum absolute atomic E-state index is 5.59. The van der Waals surface area contributed by atoms with Crippen LogP contribution < -0.4 is 0 Å². The number of ether oxygens (including phenoxy) is 3. The second-order valence-electron chi connectivity index (χ2n) is 3.87. The first-order valence-corrected chi connectivity index (χ1v) is 6.34. The molecule has 0 spiro atoms. The molecule has 90 valence electrons. The molecule has 15 heavy (non-hydrogen) atoms. The second kappa shape index (κ2) is 6.70. The SMILES string of the molecule is CSOCCCOCC1COC(C)(C)O1. The lowest BCUT2D eigenvalue weighted by Crippen LogP contribution is -2.24. The van der Waals surface area contributed by atoms with Crippen LogP contribution in [0.2, 0.25) is 0 Å². The van der Waals surface area contributed by atoms with Crippen molar-refractivity contribution in [3.63, 3.8) is 0 Å². The van der Waals surface area contributed by atoms with E-state index in [1.165, 1.54) is 12.0 Å². The first kappa shape index (κ1) is 13.3. The van der Waals surface area contributed by atoms with Crippen LogP contribution >= 0.6 is 12.0 Å². The van der Waals surface area contributed by atoms with Gasteiger partial charge in [-0.05, 0) is 32.3 Å². The van der Waals surface area contributed by atoms with Gasteiger partial charge in [-0.1, -0.05) is 0 Å². The minimum absolute atomic E-state index is 0.0708. The predicted octanol–water partition coefficient (Wildman–Crippen LogP) is 1.84. The van der Waals surface area contributed by atoms with E-state index in [2.05, 4.69) is 0 Å². The largest absolute Gasteiger partial charge is 0.379 e. The summed E-state index contributed by atoms with van der Waals surface area (Å²) in [6.45, 7) is 6.49. The molecule has 0 aromatic rings. The van der Waals surface area contributed by atoms with Crippen molar-refractivity contribution in [3.05, 3.63) is 0 Å². The van der Waals surface area contributed by atoms with Gasteiger partial charge in [0.25, 0.3) is 0 Å². The van der Waals surface area contributed by atoms with Crippen molar-refractivity contribution in [2.45, 2.75) is 32.2 Å². The highest BCUT2D eigenvalue weighted by Gasteiger charge is 2.32. The zero-order valence-electron chi connectivity index (χ0n) is 9.65. The summed E-state index contributed by atoms with van der Waals surface area (Å²) in [6.07, 6.45) is 2.89. The summed E-state index contributed by atoms with van der Waals surface area (Å²) < 4.78 is 21.6.